The number of pyridine rings is 2. The first kappa shape index (κ1) is 12.0. The Hall–Kier alpha value is -1.45. The van der Waals surface area contributed by atoms with Gasteiger partial charge in [-0.3, -0.25) is 14.8 Å². The van der Waals surface area contributed by atoms with Gasteiger partial charge in [0, 0.05) is 25.0 Å². The van der Waals surface area contributed by atoms with Crippen molar-refractivity contribution in [1.82, 2.24) is 9.97 Å². The minimum atomic E-state index is -0.163. The van der Waals surface area contributed by atoms with Crippen LogP contribution < -0.4 is 0 Å². The van der Waals surface area contributed by atoms with E-state index in [0.29, 0.717) is 15.6 Å². The van der Waals surface area contributed by atoms with E-state index in [-0.39, 0.29) is 17.9 Å². The maximum Gasteiger partial charge on any atom is 0.187 e. The molecule has 0 bridgehead atoms. The standard InChI is InChI=1S/C12H8Cl2N2O/c13-9-2-1-4-16-12(9)11(17)6-8-3-5-15-7-10(8)14/h1-5,7H,6H2. The molecule has 0 aliphatic rings. The Kier molecular flexibility index (Phi) is 3.71. The lowest BCUT2D eigenvalue weighted by Crippen LogP contribution is -2.07. The summed E-state index contributed by atoms with van der Waals surface area (Å²) in [6.07, 6.45) is 4.80. The largest absolute Gasteiger partial charge is 0.292 e. The van der Waals surface area contributed by atoms with Gasteiger partial charge in [-0.1, -0.05) is 23.2 Å². The molecule has 0 radical (unpaired) electrons. The minimum Gasteiger partial charge on any atom is -0.292 e. The number of hydrogen-bond donors (Lipinski definition) is 0. The highest BCUT2D eigenvalue weighted by atomic mass is 35.5. The van der Waals surface area contributed by atoms with Crippen LogP contribution in [0.2, 0.25) is 10.0 Å². The molecule has 0 spiro atoms. The van der Waals surface area contributed by atoms with Gasteiger partial charge >= 0.3 is 0 Å². The molecule has 3 nitrogen and oxygen atoms in total. The fraction of sp³-hybridized carbons (Fsp3) is 0.0833. The molecule has 0 aliphatic carbocycles. The van der Waals surface area contributed by atoms with Crippen LogP contribution in [0.15, 0.2) is 36.8 Å². The van der Waals surface area contributed by atoms with Crippen molar-refractivity contribution in [3.63, 3.8) is 0 Å². The van der Waals surface area contributed by atoms with Crippen molar-refractivity contribution in [3.8, 4) is 0 Å². The van der Waals surface area contributed by atoms with Crippen molar-refractivity contribution in [1.29, 1.82) is 0 Å². The molecule has 0 aliphatic heterocycles. The Labute approximate surface area is 108 Å². The Balaban J connectivity index is 2.24. The molecule has 0 N–H and O–H groups in total. The van der Waals surface area contributed by atoms with Gasteiger partial charge in [0.1, 0.15) is 5.69 Å². The fourth-order valence-corrected chi connectivity index (χ4v) is 1.81. The molecule has 2 aromatic rings. The van der Waals surface area contributed by atoms with E-state index >= 15 is 0 Å². The van der Waals surface area contributed by atoms with Gasteiger partial charge in [0.15, 0.2) is 5.78 Å². The van der Waals surface area contributed by atoms with Crippen molar-refractivity contribution in [2.24, 2.45) is 0 Å². The summed E-state index contributed by atoms with van der Waals surface area (Å²) < 4.78 is 0. The Morgan fingerprint density at radius 3 is 2.71 bits per heavy atom. The van der Waals surface area contributed by atoms with E-state index in [1.54, 1.807) is 24.4 Å². The molecule has 0 fully saturated rings. The van der Waals surface area contributed by atoms with Crippen molar-refractivity contribution >= 4 is 29.0 Å². The lowest BCUT2D eigenvalue weighted by molar-refractivity contribution is 0.0988. The summed E-state index contributed by atoms with van der Waals surface area (Å²) in [6.45, 7) is 0. The smallest absolute Gasteiger partial charge is 0.187 e. The molecule has 0 unspecified atom stereocenters. The molecule has 5 heteroatoms. The number of Topliss-reactive ketones (excluding diaryl/α,β-unsaturated/α-hetero) is 1. The maximum absolute atomic E-state index is 12.0. The third-order valence-corrected chi connectivity index (χ3v) is 2.88. The van der Waals surface area contributed by atoms with Gasteiger partial charge in [-0.2, -0.15) is 0 Å². The predicted molar refractivity (Wildman–Crippen MR) is 66.5 cm³/mol. The zero-order valence-electron chi connectivity index (χ0n) is 8.73. The average molecular weight is 267 g/mol. The highest BCUT2D eigenvalue weighted by Gasteiger charge is 2.13. The third-order valence-electron chi connectivity index (χ3n) is 2.23. The number of aromatic nitrogens is 2. The average Bonchev–Trinajstić information content (AvgIpc) is 2.32. The monoisotopic (exact) mass is 266 g/mol. The number of carbonyl (C=O) groups is 1. The number of carbonyl (C=O) groups excluding carboxylic acids is 1. The molecule has 17 heavy (non-hydrogen) atoms. The van der Waals surface area contributed by atoms with Crippen molar-refractivity contribution in [2.75, 3.05) is 0 Å². The van der Waals surface area contributed by atoms with E-state index < -0.39 is 0 Å². The molecular formula is C12H8Cl2N2O. The van der Waals surface area contributed by atoms with E-state index in [2.05, 4.69) is 9.97 Å². The van der Waals surface area contributed by atoms with Gasteiger partial charge in [0.25, 0.3) is 0 Å². The molecule has 0 saturated carbocycles. The SMILES string of the molecule is O=C(Cc1ccncc1Cl)c1ncccc1Cl. The quantitative estimate of drug-likeness (QED) is 0.802. The highest BCUT2D eigenvalue weighted by molar-refractivity contribution is 6.34. The second kappa shape index (κ2) is 5.25. The van der Waals surface area contributed by atoms with Crippen LogP contribution >= 0.6 is 23.2 Å². The van der Waals surface area contributed by atoms with Gasteiger partial charge in [-0.05, 0) is 23.8 Å². The molecule has 2 rings (SSSR count). The number of nitrogens with zero attached hydrogens (tertiary/aromatic N) is 2. The second-order valence-electron chi connectivity index (χ2n) is 3.40. The topological polar surface area (TPSA) is 42.9 Å². The Bertz CT molecular complexity index is 558. The molecule has 0 atom stereocenters. The van der Waals surface area contributed by atoms with E-state index in [1.807, 2.05) is 0 Å². The van der Waals surface area contributed by atoms with E-state index in [9.17, 15) is 4.79 Å². The molecule has 2 aromatic heterocycles. The van der Waals surface area contributed by atoms with Crippen molar-refractivity contribution < 1.29 is 4.79 Å². The van der Waals surface area contributed by atoms with Crippen LogP contribution in [0.5, 0.6) is 0 Å². The highest BCUT2D eigenvalue weighted by Crippen LogP contribution is 2.18. The number of halogens is 2. The molecule has 0 saturated heterocycles. The van der Waals surface area contributed by atoms with Gasteiger partial charge in [-0.15, -0.1) is 0 Å². The summed E-state index contributed by atoms with van der Waals surface area (Å²) in [5.74, 6) is -0.163. The van der Waals surface area contributed by atoms with Crippen LogP contribution in [-0.4, -0.2) is 15.8 Å². The lowest BCUT2D eigenvalue weighted by atomic mass is 10.1. The van der Waals surface area contributed by atoms with Gasteiger partial charge < -0.3 is 0 Å². The zero-order chi connectivity index (χ0) is 12.3. The van der Waals surface area contributed by atoms with Crippen LogP contribution in [0.3, 0.4) is 0 Å². The predicted octanol–water partition coefficient (Wildman–Crippen LogP) is 3.21. The van der Waals surface area contributed by atoms with Crippen LogP contribution in [0.25, 0.3) is 0 Å². The Morgan fingerprint density at radius 1 is 1.18 bits per heavy atom. The first-order valence-electron chi connectivity index (χ1n) is 4.90. The zero-order valence-corrected chi connectivity index (χ0v) is 10.2. The summed E-state index contributed by atoms with van der Waals surface area (Å²) >= 11 is 11.8. The number of rotatable bonds is 3. The first-order valence-corrected chi connectivity index (χ1v) is 5.66. The van der Waals surface area contributed by atoms with Crippen LogP contribution in [0, 0.1) is 0 Å². The summed E-state index contributed by atoms with van der Waals surface area (Å²) in [4.78, 5) is 19.8. The van der Waals surface area contributed by atoms with Crippen LogP contribution in [-0.2, 0) is 6.42 Å². The summed E-state index contributed by atoms with van der Waals surface area (Å²) in [6, 6.07) is 5.02. The van der Waals surface area contributed by atoms with Crippen LogP contribution in [0.4, 0.5) is 0 Å². The van der Waals surface area contributed by atoms with E-state index in [4.69, 9.17) is 23.2 Å². The van der Waals surface area contributed by atoms with E-state index in [1.165, 1.54) is 12.4 Å². The normalized spacial score (nSPS) is 10.2. The summed E-state index contributed by atoms with van der Waals surface area (Å²) in [5, 5.41) is 0.815. The van der Waals surface area contributed by atoms with Gasteiger partial charge in [-0.25, -0.2) is 0 Å². The number of hydrogen-bond acceptors (Lipinski definition) is 3. The van der Waals surface area contributed by atoms with Crippen molar-refractivity contribution in [2.45, 2.75) is 6.42 Å². The van der Waals surface area contributed by atoms with Gasteiger partial charge in [0.2, 0.25) is 0 Å². The van der Waals surface area contributed by atoms with Crippen LogP contribution in [0.1, 0.15) is 16.1 Å². The maximum atomic E-state index is 12.0. The fourth-order valence-electron chi connectivity index (χ4n) is 1.39. The molecule has 0 aromatic carbocycles. The third kappa shape index (κ3) is 2.81. The molecule has 2 heterocycles. The first-order chi connectivity index (χ1) is 8.18. The number of ketones is 1. The summed E-state index contributed by atoms with van der Waals surface area (Å²) in [5.41, 5.74) is 0.982. The van der Waals surface area contributed by atoms with E-state index in [0.717, 1.165) is 0 Å². The molecule has 86 valence electrons. The molecule has 0 amide bonds. The second-order valence-corrected chi connectivity index (χ2v) is 4.22. The van der Waals surface area contributed by atoms with Gasteiger partial charge in [0.05, 0.1) is 10.0 Å². The Morgan fingerprint density at radius 2 is 2.00 bits per heavy atom. The lowest BCUT2D eigenvalue weighted by Gasteiger charge is -2.03. The van der Waals surface area contributed by atoms with Crippen molar-refractivity contribution in [3.05, 3.63) is 58.1 Å². The minimum absolute atomic E-state index is 0.163. The summed E-state index contributed by atoms with van der Waals surface area (Å²) in [7, 11) is 0. The molecular weight excluding hydrogens is 259 g/mol.